The minimum atomic E-state index is -0.732. The molecule has 0 heterocycles. The van der Waals surface area contributed by atoms with Gasteiger partial charge in [0, 0.05) is 29.0 Å². The van der Waals surface area contributed by atoms with Crippen molar-refractivity contribution < 1.29 is 14.3 Å². The van der Waals surface area contributed by atoms with Gasteiger partial charge in [-0.15, -0.1) is 0 Å². The number of benzene rings is 2. The number of urea groups is 1. The van der Waals surface area contributed by atoms with Crippen molar-refractivity contribution in [3.8, 4) is 11.8 Å². The van der Waals surface area contributed by atoms with Gasteiger partial charge in [0.05, 0.1) is 6.07 Å². The summed E-state index contributed by atoms with van der Waals surface area (Å²) in [6.07, 6.45) is -0.732. The van der Waals surface area contributed by atoms with Crippen LogP contribution in [0.25, 0.3) is 0 Å². The first-order chi connectivity index (χ1) is 12.5. The Hall–Kier alpha value is -3.24. The molecule has 0 aliphatic carbocycles. The maximum atomic E-state index is 12.5. The third-order valence-corrected chi connectivity index (χ3v) is 3.44. The van der Waals surface area contributed by atoms with E-state index in [-0.39, 0.29) is 18.3 Å². The number of hydrogen-bond donors (Lipinski definition) is 2. The Morgan fingerprint density at radius 1 is 1.23 bits per heavy atom. The summed E-state index contributed by atoms with van der Waals surface area (Å²) in [6.45, 7) is 2.09. The molecule has 7 nitrogen and oxygen atoms in total. The summed E-state index contributed by atoms with van der Waals surface area (Å²) in [5.41, 5.74) is 0.913. The Morgan fingerprint density at radius 2 is 2.00 bits per heavy atom. The van der Waals surface area contributed by atoms with Gasteiger partial charge in [0.15, 0.2) is 0 Å². The zero-order valence-electron chi connectivity index (χ0n) is 14.0. The van der Waals surface area contributed by atoms with Crippen LogP contribution < -0.4 is 20.3 Å². The second-order valence-electron chi connectivity index (χ2n) is 5.10. The van der Waals surface area contributed by atoms with Crippen LogP contribution in [0.4, 0.5) is 21.0 Å². The number of hydrogen-bond acceptors (Lipinski definition) is 4. The van der Waals surface area contributed by atoms with E-state index < -0.39 is 6.09 Å². The molecule has 0 aliphatic heterocycles. The molecule has 26 heavy (non-hydrogen) atoms. The number of nitriles is 1. The molecule has 8 heteroatoms. The summed E-state index contributed by atoms with van der Waals surface area (Å²) >= 11 is 5.94. The number of ether oxygens (including phenoxy) is 1. The first kappa shape index (κ1) is 19.1. The lowest BCUT2D eigenvalue weighted by Crippen LogP contribution is -2.34. The number of nitrogens with zero attached hydrogens (tertiary/aromatic N) is 2. The summed E-state index contributed by atoms with van der Waals surface area (Å²) in [4.78, 5) is 25.2. The number of amides is 3. The van der Waals surface area contributed by atoms with E-state index in [1.54, 1.807) is 49.4 Å². The lowest BCUT2D eigenvalue weighted by molar-refractivity contribution is 0.208. The van der Waals surface area contributed by atoms with Gasteiger partial charge >= 0.3 is 12.1 Å². The zero-order valence-corrected chi connectivity index (χ0v) is 14.8. The number of anilines is 2. The Balaban J connectivity index is 2.14. The quantitative estimate of drug-likeness (QED) is 0.775. The van der Waals surface area contributed by atoms with Crippen LogP contribution in [0.1, 0.15) is 6.92 Å². The van der Waals surface area contributed by atoms with E-state index in [1.165, 1.54) is 6.07 Å². The van der Waals surface area contributed by atoms with Crippen LogP contribution in [0, 0.1) is 11.3 Å². The molecule has 2 aromatic rings. The molecular formula is C18H17ClN4O3. The number of halogens is 1. The molecule has 0 spiro atoms. The predicted octanol–water partition coefficient (Wildman–Crippen LogP) is 4.01. The Bertz CT molecular complexity index is 835. The monoisotopic (exact) mass is 372 g/mol. The van der Waals surface area contributed by atoms with E-state index in [0.29, 0.717) is 22.9 Å². The van der Waals surface area contributed by atoms with Crippen molar-refractivity contribution in [2.75, 3.05) is 23.3 Å². The van der Waals surface area contributed by atoms with Crippen LogP contribution in [0.2, 0.25) is 5.02 Å². The number of nitrogens with one attached hydrogen (secondary N) is 2. The standard InChI is InChI=1S/C18H17ClN4O3/c1-2-21-17(24)22-14-6-4-8-16(12-14)26-18(25)23(10-9-20)15-7-3-5-13(19)11-15/h3-8,11-12H,2,10H2,1H3,(H2,21,22,24). The molecule has 0 saturated heterocycles. The molecule has 0 bridgehead atoms. The van der Waals surface area contributed by atoms with Gasteiger partial charge in [0.2, 0.25) is 0 Å². The normalized spacial score (nSPS) is 9.73. The Kier molecular flexibility index (Phi) is 6.83. The van der Waals surface area contributed by atoms with Crippen LogP contribution >= 0.6 is 11.6 Å². The second kappa shape index (κ2) is 9.30. The average molecular weight is 373 g/mol. The van der Waals surface area contributed by atoms with Crippen molar-refractivity contribution in [3.63, 3.8) is 0 Å². The SMILES string of the molecule is CCNC(=O)Nc1cccc(OC(=O)N(CC#N)c2cccc(Cl)c2)c1. The summed E-state index contributed by atoms with van der Waals surface area (Å²) in [5.74, 6) is 0.231. The summed E-state index contributed by atoms with van der Waals surface area (Å²) in [6, 6.07) is 14.5. The predicted molar refractivity (Wildman–Crippen MR) is 99.6 cm³/mol. The van der Waals surface area contributed by atoms with Crippen LogP contribution in [0.5, 0.6) is 5.75 Å². The van der Waals surface area contributed by atoms with Crippen LogP contribution in [0.15, 0.2) is 48.5 Å². The molecule has 0 radical (unpaired) electrons. The molecule has 0 unspecified atom stereocenters. The smallest absolute Gasteiger partial charge is 0.410 e. The molecule has 0 atom stereocenters. The molecule has 0 fully saturated rings. The van der Waals surface area contributed by atoms with Crippen molar-refractivity contribution in [1.82, 2.24) is 5.32 Å². The van der Waals surface area contributed by atoms with E-state index in [4.69, 9.17) is 21.6 Å². The van der Waals surface area contributed by atoms with Crippen molar-refractivity contribution in [2.45, 2.75) is 6.92 Å². The van der Waals surface area contributed by atoms with Gasteiger partial charge < -0.3 is 15.4 Å². The lowest BCUT2D eigenvalue weighted by Gasteiger charge is -2.19. The van der Waals surface area contributed by atoms with Gasteiger partial charge in [0.1, 0.15) is 12.3 Å². The van der Waals surface area contributed by atoms with Crippen molar-refractivity contribution in [3.05, 3.63) is 53.6 Å². The van der Waals surface area contributed by atoms with Gasteiger partial charge in [-0.3, -0.25) is 4.90 Å². The van der Waals surface area contributed by atoms with E-state index in [1.807, 2.05) is 6.07 Å². The minimum Gasteiger partial charge on any atom is -0.410 e. The molecule has 0 saturated carbocycles. The van der Waals surface area contributed by atoms with E-state index in [2.05, 4.69) is 10.6 Å². The van der Waals surface area contributed by atoms with Crippen LogP contribution in [-0.4, -0.2) is 25.2 Å². The van der Waals surface area contributed by atoms with Crippen LogP contribution in [-0.2, 0) is 0 Å². The molecule has 134 valence electrons. The highest BCUT2D eigenvalue weighted by Crippen LogP contribution is 2.22. The van der Waals surface area contributed by atoms with Crippen LogP contribution in [0.3, 0.4) is 0 Å². The Labute approximate surface area is 156 Å². The highest BCUT2D eigenvalue weighted by molar-refractivity contribution is 6.30. The third-order valence-electron chi connectivity index (χ3n) is 3.20. The summed E-state index contributed by atoms with van der Waals surface area (Å²) in [7, 11) is 0. The highest BCUT2D eigenvalue weighted by atomic mass is 35.5. The highest BCUT2D eigenvalue weighted by Gasteiger charge is 2.18. The molecular weight excluding hydrogens is 356 g/mol. The molecule has 2 N–H and O–H groups in total. The number of carbonyl (C=O) groups is 2. The molecule has 0 aromatic heterocycles. The first-order valence-corrected chi connectivity index (χ1v) is 8.18. The maximum absolute atomic E-state index is 12.5. The van der Waals surface area contributed by atoms with Crippen molar-refractivity contribution in [2.24, 2.45) is 0 Å². The Morgan fingerprint density at radius 3 is 2.69 bits per heavy atom. The fraction of sp³-hybridized carbons (Fsp3) is 0.167. The van der Waals surface area contributed by atoms with Gasteiger partial charge in [-0.1, -0.05) is 23.7 Å². The third kappa shape index (κ3) is 5.40. The largest absolute Gasteiger partial charge is 0.420 e. The minimum absolute atomic E-state index is 0.198. The van der Waals surface area contributed by atoms with Gasteiger partial charge in [-0.25, -0.2) is 9.59 Å². The maximum Gasteiger partial charge on any atom is 0.420 e. The fourth-order valence-electron chi connectivity index (χ4n) is 2.11. The molecule has 2 aromatic carbocycles. The molecule has 0 aliphatic rings. The summed E-state index contributed by atoms with van der Waals surface area (Å²) < 4.78 is 5.33. The lowest BCUT2D eigenvalue weighted by atomic mass is 10.3. The zero-order chi connectivity index (χ0) is 18.9. The topological polar surface area (TPSA) is 94.5 Å². The van der Waals surface area contributed by atoms with E-state index >= 15 is 0 Å². The second-order valence-corrected chi connectivity index (χ2v) is 5.54. The molecule has 3 amide bonds. The van der Waals surface area contributed by atoms with Crippen molar-refractivity contribution in [1.29, 1.82) is 5.26 Å². The van der Waals surface area contributed by atoms with E-state index in [0.717, 1.165) is 4.90 Å². The average Bonchev–Trinajstić information content (AvgIpc) is 2.60. The van der Waals surface area contributed by atoms with Gasteiger partial charge in [-0.05, 0) is 37.3 Å². The summed E-state index contributed by atoms with van der Waals surface area (Å²) in [5, 5.41) is 14.7. The van der Waals surface area contributed by atoms with Gasteiger partial charge in [-0.2, -0.15) is 5.26 Å². The fourth-order valence-corrected chi connectivity index (χ4v) is 2.29. The molecule has 2 rings (SSSR count). The van der Waals surface area contributed by atoms with Crippen molar-refractivity contribution >= 4 is 35.1 Å². The number of rotatable bonds is 5. The number of carbonyl (C=O) groups excluding carboxylic acids is 2. The van der Waals surface area contributed by atoms with Gasteiger partial charge in [0.25, 0.3) is 0 Å². The van der Waals surface area contributed by atoms with E-state index in [9.17, 15) is 9.59 Å². The first-order valence-electron chi connectivity index (χ1n) is 7.80.